The van der Waals surface area contributed by atoms with Crippen molar-refractivity contribution in [3.63, 3.8) is 0 Å². The van der Waals surface area contributed by atoms with Gasteiger partial charge < -0.3 is 15.4 Å². The average molecular weight is 281 g/mol. The lowest BCUT2D eigenvalue weighted by Crippen LogP contribution is -2.37. The van der Waals surface area contributed by atoms with Crippen LogP contribution in [0, 0.1) is 0 Å². The van der Waals surface area contributed by atoms with Gasteiger partial charge in [-0.3, -0.25) is 4.99 Å². The number of aliphatic imine (C=N–C) groups is 1. The summed E-state index contributed by atoms with van der Waals surface area (Å²) in [5, 5.41) is 6.75. The molecule has 3 rings (SSSR count). The molecule has 21 heavy (non-hydrogen) atoms. The minimum atomic E-state index is 0.0708. The van der Waals surface area contributed by atoms with Gasteiger partial charge in [0.05, 0.1) is 19.7 Å². The van der Waals surface area contributed by atoms with Crippen molar-refractivity contribution in [3.05, 3.63) is 65.7 Å². The molecule has 0 spiro atoms. The van der Waals surface area contributed by atoms with Gasteiger partial charge in [0.2, 0.25) is 0 Å². The van der Waals surface area contributed by atoms with Crippen molar-refractivity contribution in [1.29, 1.82) is 0 Å². The molecule has 108 valence electrons. The zero-order valence-electron chi connectivity index (χ0n) is 12.0. The topological polar surface area (TPSA) is 45.6 Å². The zero-order chi connectivity index (χ0) is 14.5. The van der Waals surface area contributed by atoms with Gasteiger partial charge in [-0.15, -0.1) is 0 Å². The minimum Gasteiger partial charge on any atom is -0.497 e. The van der Waals surface area contributed by atoms with Crippen LogP contribution in [0.15, 0.2) is 59.6 Å². The minimum absolute atomic E-state index is 0.0708. The van der Waals surface area contributed by atoms with E-state index in [1.807, 2.05) is 18.2 Å². The molecule has 0 bridgehead atoms. The molecular weight excluding hydrogens is 262 g/mol. The predicted molar refractivity (Wildman–Crippen MR) is 84.7 cm³/mol. The van der Waals surface area contributed by atoms with Gasteiger partial charge in [0.25, 0.3) is 0 Å². The second-order valence-corrected chi connectivity index (χ2v) is 4.92. The standard InChI is InChI=1S/C17H19N3O/c1-21-15-9-7-14(8-10-15)16(13-5-3-2-4-6-13)20-17-18-11-12-19-17/h2-10,16H,11-12H2,1H3,(H2,18,19,20). The molecule has 0 aromatic heterocycles. The summed E-state index contributed by atoms with van der Waals surface area (Å²) in [6.45, 7) is 1.72. The maximum Gasteiger partial charge on any atom is 0.192 e. The Morgan fingerprint density at radius 2 is 1.76 bits per heavy atom. The van der Waals surface area contributed by atoms with E-state index in [0.717, 1.165) is 24.8 Å². The molecule has 0 saturated heterocycles. The highest BCUT2D eigenvalue weighted by molar-refractivity contribution is 5.82. The SMILES string of the molecule is COc1ccc(C(NC2=NCCN2)c2ccccc2)cc1. The largest absolute Gasteiger partial charge is 0.497 e. The second-order valence-electron chi connectivity index (χ2n) is 4.92. The van der Waals surface area contributed by atoms with Crippen LogP contribution in [0.5, 0.6) is 5.75 Å². The first-order chi connectivity index (χ1) is 10.4. The Kier molecular flexibility index (Phi) is 4.05. The number of ether oxygens (including phenoxy) is 1. The van der Waals surface area contributed by atoms with Crippen LogP contribution in [0.1, 0.15) is 17.2 Å². The number of nitrogens with one attached hydrogen (secondary N) is 2. The lowest BCUT2D eigenvalue weighted by atomic mass is 9.99. The van der Waals surface area contributed by atoms with E-state index in [1.165, 1.54) is 11.1 Å². The molecule has 0 aliphatic carbocycles. The quantitative estimate of drug-likeness (QED) is 0.904. The number of hydrogen-bond acceptors (Lipinski definition) is 4. The third-order valence-corrected chi connectivity index (χ3v) is 3.54. The van der Waals surface area contributed by atoms with Gasteiger partial charge in [0.1, 0.15) is 5.75 Å². The van der Waals surface area contributed by atoms with Crippen LogP contribution in [0.2, 0.25) is 0 Å². The van der Waals surface area contributed by atoms with Gasteiger partial charge in [0, 0.05) is 6.54 Å². The summed E-state index contributed by atoms with van der Waals surface area (Å²) in [7, 11) is 1.68. The number of methoxy groups -OCH3 is 1. The maximum absolute atomic E-state index is 5.23. The molecule has 0 amide bonds. The lowest BCUT2D eigenvalue weighted by Gasteiger charge is -2.21. The van der Waals surface area contributed by atoms with E-state index in [9.17, 15) is 0 Å². The van der Waals surface area contributed by atoms with Crippen LogP contribution in [0.25, 0.3) is 0 Å². The fraction of sp³-hybridized carbons (Fsp3) is 0.235. The van der Waals surface area contributed by atoms with Gasteiger partial charge >= 0.3 is 0 Å². The van der Waals surface area contributed by atoms with E-state index in [0.29, 0.717) is 0 Å². The summed E-state index contributed by atoms with van der Waals surface area (Å²) < 4.78 is 5.23. The van der Waals surface area contributed by atoms with Gasteiger partial charge in [-0.25, -0.2) is 0 Å². The van der Waals surface area contributed by atoms with Crippen LogP contribution in [0.3, 0.4) is 0 Å². The molecule has 2 aromatic carbocycles. The molecule has 2 aromatic rings. The molecule has 2 N–H and O–H groups in total. The highest BCUT2D eigenvalue weighted by Crippen LogP contribution is 2.24. The van der Waals surface area contributed by atoms with Gasteiger partial charge in [-0.2, -0.15) is 0 Å². The first-order valence-electron chi connectivity index (χ1n) is 7.10. The summed E-state index contributed by atoms with van der Waals surface area (Å²) in [6, 6.07) is 18.6. The van der Waals surface area contributed by atoms with Crippen LogP contribution in [0.4, 0.5) is 0 Å². The number of nitrogens with zero attached hydrogens (tertiary/aromatic N) is 1. The van der Waals surface area contributed by atoms with Crippen molar-refractivity contribution in [3.8, 4) is 5.75 Å². The third kappa shape index (κ3) is 3.16. The number of guanidine groups is 1. The second kappa shape index (κ2) is 6.31. The molecule has 4 heteroatoms. The van der Waals surface area contributed by atoms with Crippen LogP contribution in [-0.2, 0) is 0 Å². The van der Waals surface area contributed by atoms with Crippen molar-refractivity contribution in [2.24, 2.45) is 4.99 Å². The van der Waals surface area contributed by atoms with E-state index in [4.69, 9.17) is 4.74 Å². The summed E-state index contributed by atoms with van der Waals surface area (Å²) in [6.07, 6.45) is 0. The number of benzene rings is 2. The van der Waals surface area contributed by atoms with Crippen molar-refractivity contribution in [2.75, 3.05) is 20.2 Å². The molecule has 0 fully saturated rings. The summed E-state index contributed by atoms with van der Waals surface area (Å²) in [5.74, 6) is 1.72. The third-order valence-electron chi connectivity index (χ3n) is 3.54. The first kappa shape index (κ1) is 13.5. The molecule has 1 unspecified atom stereocenters. The lowest BCUT2D eigenvalue weighted by molar-refractivity contribution is 0.414. The number of rotatable bonds is 4. The molecule has 1 atom stereocenters. The highest BCUT2D eigenvalue weighted by Gasteiger charge is 2.17. The Balaban J connectivity index is 1.90. The average Bonchev–Trinajstić information content (AvgIpc) is 3.07. The molecular formula is C17H19N3O. The van der Waals surface area contributed by atoms with Crippen molar-refractivity contribution in [1.82, 2.24) is 10.6 Å². The van der Waals surface area contributed by atoms with Crippen LogP contribution in [-0.4, -0.2) is 26.2 Å². The van der Waals surface area contributed by atoms with Crippen molar-refractivity contribution >= 4 is 5.96 Å². The van der Waals surface area contributed by atoms with E-state index < -0.39 is 0 Å². The first-order valence-corrected chi connectivity index (χ1v) is 7.10. The van der Waals surface area contributed by atoms with Crippen molar-refractivity contribution < 1.29 is 4.74 Å². The smallest absolute Gasteiger partial charge is 0.192 e. The van der Waals surface area contributed by atoms with Crippen LogP contribution >= 0.6 is 0 Å². The summed E-state index contributed by atoms with van der Waals surface area (Å²) in [5.41, 5.74) is 2.39. The molecule has 4 nitrogen and oxygen atoms in total. The predicted octanol–water partition coefficient (Wildman–Crippen LogP) is 2.33. The molecule has 1 aliphatic heterocycles. The van der Waals surface area contributed by atoms with E-state index >= 15 is 0 Å². The molecule has 0 radical (unpaired) electrons. The summed E-state index contributed by atoms with van der Waals surface area (Å²) >= 11 is 0. The van der Waals surface area contributed by atoms with Gasteiger partial charge in [0.15, 0.2) is 5.96 Å². The fourth-order valence-corrected chi connectivity index (χ4v) is 2.43. The Morgan fingerprint density at radius 1 is 1.05 bits per heavy atom. The van der Waals surface area contributed by atoms with Gasteiger partial charge in [-0.05, 0) is 23.3 Å². The van der Waals surface area contributed by atoms with E-state index in [2.05, 4.69) is 52.0 Å². The highest BCUT2D eigenvalue weighted by atomic mass is 16.5. The normalized spacial score (nSPS) is 15.0. The van der Waals surface area contributed by atoms with Crippen molar-refractivity contribution in [2.45, 2.75) is 6.04 Å². The Labute approximate surface area is 124 Å². The van der Waals surface area contributed by atoms with E-state index in [1.54, 1.807) is 7.11 Å². The monoisotopic (exact) mass is 281 g/mol. The van der Waals surface area contributed by atoms with Gasteiger partial charge in [-0.1, -0.05) is 42.5 Å². The maximum atomic E-state index is 5.23. The zero-order valence-corrected chi connectivity index (χ0v) is 12.0. The molecule has 1 aliphatic rings. The summed E-state index contributed by atoms with van der Waals surface area (Å²) in [4.78, 5) is 4.43. The van der Waals surface area contributed by atoms with E-state index in [-0.39, 0.29) is 6.04 Å². The van der Waals surface area contributed by atoms with Crippen LogP contribution < -0.4 is 15.4 Å². The Hall–Kier alpha value is -2.49. The molecule has 1 heterocycles. The Bertz CT molecular complexity index is 608. The number of hydrogen-bond donors (Lipinski definition) is 2. The molecule has 0 saturated carbocycles. The Morgan fingerprint density at radius 3 is 2.38 bits per heavy atom. The fourth-order valence-electron chi connectivity index (χ4n) is 2.43.